The maximum absolute atomic E-state index is 12.5. The van der Waals surface area contributed by atoms with E-state index < -0.39 is 0 Å². The maximum Gasteiger partial charge on any atom is 0.255 e. The van der Waals surface area contributed by atoms with Crippen LogP contribution in [-0.4, -0.2) is 25.8 Å². The molecule has 3 aromatic heterocycles. The van der Waals surface area contributed by atoms with Gasteiger partial charge in [0.2, 0.25) is 0 Å². The van der Waals surface area contributed by atoms with Gasteiger partial charge in [0.15, 0.2) is 0 Å². The van der Waals surface area contributed by atoms with Crippen LogP contribution in [0.25, 0.3) is 22.3 Å². The molecular formula is C26H22N6O. The Balaban J connectivity index is 1.40. The second-order valence-electron chi connectivity index (χ2n) is 7.87. The molecule has 0 atom stereocenters. The van der Waals surface area contributed by atoms with E-state index in [0.29, 0.717) is 17.7 Å². The van der Waals surface area contributed by atoms with Crippen molar-refractivity contribution in [3.05, 3.63) is 102 Å². The molecule has 0 unspecified atom stereocenters. The first-order valence-electron chi connectivity index (χ1n) is 10.6. The highest BCUT2D eigenvalue weighted by atomic mass is 16.1. The number of nitrogens with zero attached hydrogens (tertiary/aromatic N) is 3. The number of nitrogens with one attached hydrogen (secondary N) is 2. The number of pyridine rings is 1. The summed E-state index contributed by atoms with van der Waals surface area (Å²) in [7, 11) is 0. The molecule has 0 aliphatic rings. The van der Waals surface area contributed by atoms with Gasteiger partial charge in [0.1, 0.15) is 5.82 Å². The third-order valence-electron chi connectivity index (χ3n) is 5.49. The Morgan fingerprint density at radius 3 is 2.76 bits per heavy atom. The van der Waals surface area contributed by atoms with Gasteiger partial charge in [-0.1, -0.05) is 12.1 Å². The minimum Gasteiger partial charge on any atom is -0.399 e. The Morgan fingerprint density at radius 2 is 1.97 bits per heavy atom. The number of aryl methyl sites for hydroxylation is 1. The number of hydrogen-bond donors (Lipinski definition) is 3. The van der Waals surface area contributed by atoms with Crippen molar-refractivity contribution < 1.29 is 4.79 Å². The first-order valence-corrected chi connectivity index (χ1v) is 10.6. The molecule has 0 spiro atoms. The van der Waals surface area contributed by atoms with E-state index in [1.165, 1.54) is 0 Å². The Bertz CT molecular complexity index is 1460. The molecule has 0 saturated heterocycles. The summed E-state index contributed by atoms with van der Waals surface area (Å²) in [5.74, 6) is 0.525. The zero-order chi connectivity index (χ0) is 22.8. The summed E-state index contributed by atoms with van der Waals surface area (Å²) in [6.45, 7) is 2.02. The molecule has 0 fully saturated rings. The van der Waals surface area contributed by atoms with Crippen LogP contribution in [0.2, 0.25) is 0 Å². The molecule has 0 radical (unpaired) electrons. The number of nitrogen functional groups attached to an aromatic ring is 1. The van der Waals surface area contributed by atoms with Gasteiger partial charge in [-0.2, -0.15) is 0 Å². The average molecular weight is 435 g/mol. The zero-order valence-corrected chi connectivity index (χ0v) is 18.0. The van der Waals surface area contributed by atoms with Gasteiger partial charge in [0.25, 0.3) is 5.91 Å². The van der Waals surface area contributed by atoms with Crippen LogP contribution < -0.4 is 11.1 Å². The van der Waals surface area contributed by atoms with Crippen LogP contribution in [0.15, 0.2) is 79.3 Å². The van der Waals surface area contributed by atoms with Gasteiger partial charge >= 0.3 is 0 Å². The summed E-state index contributed by atoms with van der Waals surface area (Å²) in [6.07, 6.45) is 5.99. The maximum atomic E-state index is 12.5. The molecular weight excluding hydrogens is 412 g/mol. The van der Waals surface area contributed by atoms with Crippen molar-refractivity contribution in [2.75, 3.05) is 11.1 Å². The van der Waals surface area contributed by atoms with Crippen LogP contribution in [0.4, 0.5) is 11.4 Å². The van der Waals surface area contributed by atoms with Crippen molar-refractivity contribution in [1.29, 1.82) is 0 Å². The quantitative estimate of drug-likeness (QED) is 0.346. The number of hydrogen-bond acceptors (Lipinski definition) is 5. The Kier molecular flexibility index (Phi) is 5.28. The largest absolute Gasteiger partial charge is 0.399 e. The summed E-state index contributed by atoms with van der Waals surface area (Å²) in [5.41, 5.74) is 13.2. The lowest BCUT2D eigenvalue weighted by atomic mass is 10.0. The molecule has 3 heterocycles. The number of benzene rings is 2. The van der Waals surface area contributed by atoms with Crippen molar-refractivity contribution in [2.24, 2.45) is 0 Å². The van der Waals surface area contributed by atoms with E-state index in [1.54, 1.807) is 36.7 Å². The van der Waals surface area contributed by atoms with E-state index >= 15 is 0 Å². The van der Waals surface area contributed by atoms with E-state index in [-0.39, 0.29) is 5.91 Å². The lowest BCUT2D eigenvalue weighted by Gasteiger charge is -2.11. The zero-order valence-electron chi connectivity index (χ0n) is 18.0. The minimum absolute atomic E-state index is 0.197. The molecule has 7 heteroatoms. The summed E-state index contributed by atoms with van der Waals surface area (Å²) in [4.78, 5) is 29.6. The molecule has 0 bridgehead atoms. The van der Waals surface area contributed by atoms with Crippen molar-refractivity contribution in [2.45, 2.75) is 13.3 Å². The summed E-state index contributed by atoms with van der Waals surface area (Å²) >= 11 is 0. The number of aromatic amines is 1. The topological polar surface area (TPSA) is 110 Å². The Hall–Kier alpha value is -4.52. The summed E-state index contributed by atoms with van der Waals surface area (Å²) in [5, 5.41) is 2.93. The fourth-order valence-corrected chi connectivity index (χ4v) is 3.81. The second-order valence-corrected chi connectivity index (χ2v) is 7.87. The molecule has 162 valence electrons. The van der Waals surface area contributed by atoms with Crippen molar-refractivity contribution in [3.63, 3.8) is 0 Å². The molecule has 1 amide bonds. The van der Waals surface area contributed by atoms with Crippen LogP contribution in [-0.2, 0) is 6.42 Å². The van der Waals surface area contributed by atoms with Gasteiger partial charge in [0, 0.05) is 47.5 Å². The van der Waals surface area contributed by atoms with E-state index in [1.807, 2.05) is 49.5 Å². The van der Waals surface area contributed by atoms with Crippen LogP contribution >= 0.6 is 0 Å². The Labute approximate surface area is 190 Å². The average Bonchev–Trinajstić information content (AvgIpc) is 3.29. The summed E-state index contributed by atoms with van der Waals surface area (Å²) < 4.78 is 0. The normalized spacial score (nSPS) is 10.9. The van der Waals surface area contributed by atoms with Gasteiger partial charge < -0.3 is 16.0 Å². The number of aromatic nitrogens is 4. The first kappa shape index (κ1) is 20.4. The standard InChI is InChI=1S/C26H22N6O/c1-16-12-21(30-26(33)18-4-2-6-20(27)13-18)8-7-17(16)14-23-31-22-9-11-29-25(22)24(32-23)19-5-3-10-28-15-19/h2-13,15,29H,14,27H2,1H3,(H,30,33). The number of rotatable bonds is 5. The number of fused-ring (bicyclic) bond motifs is 1. The lowest BCUT2D eigenvalue weighted by Crippen LogP contribution is -2.12. The molecule has 2 aromatic carbocycles. The van der Waals surface area contributed by atoms with Crippen LogP contribution in [0, 0.1) is 6.92 Å². The van der Waals surface area contributed by atoms with Gasteiger partial charge in [-0.05, 0) is 66.6 Å². The molecule has 4 N–H and O–H groups in total. The number of carbonyl (C=O) groups excluding carboxylic acids is 1. The fraction of sp³-hybridized carbons (Fsp3) is 0.0769. The van der Waals surface area contributed by atoms with Crippen molar-refractivity contribution in [3.8, 4) is 11.3 Å². The van der Waals surface area contributed by atoms with Crippen LogP contribution in [0.3, 0.4) is 0 Å². The molecule has 5 aromatic rings. The van der Waals surface area contributed by atoms with E-state index in [9.17, 15) is 4.79 Å². The molecule has 0 saturated carbocycles. The smallest absolute Gasteiger partial charge is 0.255 e. The number of anilines is 2. The molecule has 0 aliphatic carbocycles. The van der Waals surface area contributed by atoms with Crippen molar-refractivity contribution in [1.82, 2.24) is 19.9 Å². The van der Waals surface area contributed by atoms with Gasteiger partial charge in [-0.15, -0.1) is 0 Å². The number of amides is 1. The highest BCUT2D eigenvalue weighted by molar-refractivity contribution is 6.04. The lowest BCUT2D eigenvalue weighted by molar-refractivity contribution is 0.102. The van der Waals surface area contributed by atoms with Gasteiger partial charge in [0.05, 0.1) is 16.7 Å². The Morgan fingerprint density at radius 1 is 1.06 bits per heavy atom. The van der Waals surface area contributed by atoms with E-state index in [2.05, 4.69) is 15.3 Å². The summed E-state index contributed by atoms with van der Waals surface area (Å²) in [6, 6.07) is 18.6. The predicted molar refractivity (Wildman–Crippen MR) is 130 cm³/mol. The van der Waals surface area contributed by atoms with Crippen molar-refractivity contribution >= 4 is 28.3 Å². The highest BCUT2D eigenvalue weighted by Crippen LogP contribution is 2.26. The third-order valence-corrected chi connectivity index (χ3v) is 5.49. The molecule has 5 rings (SSSR count). The number of H-pyrrole nitrogens is 1. The number of nitrogens with two attached hydrogens (primary N) is 1. The first-order chi connectivity index (χ1) is 16.1. The SMILES string of the molecule is Cc1cc(NC(=O)c2cccc(N)c2)ccc1Cc1nc(-c2cccnc2)c2[nH]ccc2n1. The van der Waals surface area contributed by atoms with E-state index in [0.717, 1.165) is 44.9 Å². The highest BCUT2D eigenvalue weighted by Gasteiger charge is 2.13. The fourth-order valence-electron chi connectivity index (χ4n) is 3.81. The van der Waals surface area contributed by atoms with E-state index in [4.69, 9.17) is 15.7 Å². The van der Waals surface area contributed by atoms with Gasteiger partial charge in [-0.25, -0.2) is 9.97 Å². The monoisotopic (exact) mass is 434 g/mol. The van der Waals surface area contributed by atoms with Gasteiger partial charge in [-0.3, -0.25) is 9.78 Å². The molecule has 33 heavy (non-hydrogen) atoms. The molecule has 7 nitrogen and oxygen atoms in total. The molecule has 0 aliphatic heterocycles. The number of carbonyl (C=O) groups is 1. The third kappa shape index (κ3) is 4.29. The van der Waals surface area contributed by atoms with Crippen LogP contribution in [0.5, 0.6) is 0 Å². The minimum atomic E-state index is -0.197. The predicted octanol–water partition coefficient (Wildman–Crippen LogP) is 4.75. The second kappa shape index (κ2) is 8.55. The van der Waals surface area contributed by atoms with Crippen LogP contribution in [0.1, 0.15) is 27.3 Å².